The fourth-order valence-electron chi connectivity index (χ4n) is 1.78. The Labute approximate surface area is 196 Å². The Hall–Kier alpha value is -1.16. The Morgan fingerprint density at radius 2 is 0.926 bits per heavy atom. The molecule has 2 rings (SSSR count). The van der Waals surface area contributed by atoms with Crippen LogP contribution in [0.5, 0.6) is 0 Å². The number of hydrogen-bond donors (Lipinski definition) is 2. The largest absolute Gasteiger partial charge is 0.506 e. The molecule has 0 aliphatic heterocycles. The number of carbonyl (C=O) groups is 2. The molecule has 0 bridgehead atoms. The van der Waals surface area contributed by atoms with Gasteiger partial charge in [-0.3, -0.25) is 9.59 Å². The number of benzene rings is 2. The van der Waals surface area contributed by atoms with Crippen LogP contribution in [0.15, 0.2) is 67.8 Å². The number of carbonyl (C=O) groups excluding carboxylic acids is 2. The minimum Gasteiger partial charge on any atom is -0.506 e. The molecule has 1 radical (unpaired) electrons. The van der Waals surface area contributed by atoms with Gasteiger partial charge in [0.05, 0.1) is 7.16 Å². The van der Waals surface area contributed by atoms with Crippen LogP contribution < -0.4 is 0 Å². The zero-order chi connectivity index (χ0) is 19.7. The molecule has 0 aliphatic carbocycles. The summed E-state index contributed by atoms with van der Waals surface area (Å²) in [5.74, 6) is -0.147. The minimum absolute atomic E-state index is 0. The van der Waals surface area contributed by atoms with E-state index in [0.717, 1.165) is 0 Å². The number of ketones is 2. The van der Waals surface area contributed by atoms with Crippen LogP contribution in [0.2, 0.25) is 0 Å². The molecule has 2 aromatic rings. The van der Waals surface area contributed by atoms with Crippen LogP contribution in [-0.4, -0.2) is 21.8 Å². The first-order valence-electron chi connectivity index (χ1n) is 7.55. The Balaban J connectivity index is 0.000000483. The predicted octanol–water partition coefficient (Wildman–Crippen LogP) is 5.87. The van der Waals surface area contributed by atoms with Gasteiger partial charge < -0.3 is 10.2 Å². The van der Waals surface area contributed by atoms with Crippen molar-refractivity contribution < 1.29 is 36.9 Å². The summed E-state index contributed by atoms with van der Waals surface area (Å²) in [6.07, 6.45) is 0. The molecule has 0 amide bonds. The van der Waals surface area contributed by atoms with Crippen molar-refractivity contribution in [1.82, 2.24) is 0 Å². The number of aliphatic hydroxyl groups is 2. The molecule has 0 saturated carbocycles. The van der Waals surface area contributed by atoms with Gasteiger partial charge >= 0.3 is 0 Å². The van der Waals surface area contributed by atoms with E-state index in [9.17, 15) is 19.8 Å². The number of rotatable bonds is 4. The standard InChI is InChI=1S/2C10H9IO2.Cu/c2*1-7(12)9(11)10(13)8-5-3-2-4-6-8;/h2*2-6,13H,1H3;/b2*10-9+;. The van der Waals surface area contributed by atoms with Gasteiger partial charge in [0, 0.05) is 28.2 Å². The fourth-order valence-corrected chi connectivity index (χ4v) is 2.40. The molecule has 7 heteroatoms. The molecule has 0 saturated heterocycles. The number of hydrogen-bond acceptors (Lipinski definition) is 4. The Bertz CT molecular complexity index is 760. The van der Waals surface area contributed by atoms with Crippen molar-refractivity contribution in [3.8, 4) is 0 Å². The van der Waals surface area contributed by atoms with E-state index in [2.05, 4.69) is 0 Å². The van der Waals surface area contributed by atoms with Crippen molar-refractivity contribution in [3.63, 3.8) is 0 Å². The van der Waals surface area contributed by atoms with Gasteiger partial charge in [0.15, 0.2) is 11.6 Å². The van der Waals surface area contributed by atoms with Crippen molar-refractivity contribution in [3.05, 3.63) is 79.0 Å². The average Bonchev–Trinajstić information content (AvgIpc) is 2.67. The maximum Gasteiger partial charge on any atom is 0.169 e. The monoisotopic (exact) mass is 639 g/mol. The van der Waals surface area contributed by atoms with Crippen LogP contribution in [0.25, 0.3) is 11.5 Å². The van der Waals surface area contributed by atoms with Crippen LogP contribution in [0.4, 0.5) is 0 Å². The summed E-state index contributed by atoms with van der Waals surface area (Å²) in [6.45, 7) is 2.86. The van der Waals surface area contributed by atoms with E-state index in [0.29, 0.717) is 18.3 Å². The van der Waals surface area contributed by atoms with Crippen LogP contribution in [-0.2, 0) is 26.7 Å². The van der Waals surface area contributed by atoms with Crippen LogP contribution in [0.3, 0.4) is 0 Å². The van der Waals surface area contributed by atoms with Gasteiger partial charge in [0.25, 0.3) is 0 Å². The number of allylic oxidation sites excluding steroid dienone is 2. The van der Waals surface area contributed by atoms with Gasteiger partial charge in [-0.05, 0) is 59.0 Å². The molecule has 0 fully saturated rings. The summed E-state index contributed by atoms with van der Waals surface area (Å²) in [6, 6.07) is 18.0. The molecule has 27 heavy (non-hydrogen) atoms. The summed E-state index contributed by atoms with van der Waals surface area (Å²) in [7, 11) is 0. The third-order valence-electron chi connectivity index (χ3n) is 3.13. The SMILES string of the molecule is CC(=O)/C(I)=C(\O)c1ccccc1.CC(=O)/C(I)=C(\O)c1ccccc1.[Cu]. The van der Waals surface area contributed by atoms with Gasteiger partial charge in [-0.1, -0.05) is 60.7 Å². The third kappa shape index (κ3) is 8.59. The van der Waals surface area contributed by atoms with Crippen molar-refractivity contribution >= 4 is 68.3 Å². The fraction of sp³-hybridized carbons (Fsp3) is 0.100. The van der Waals surface area contributed by atoms with Crippen molar-refractivity contribution in [2.45, 2.75) is 13.8 Å². The maximum absolute atomic E-state index is 10.9. The average molecular weight is 640 g/mol. The van der Waals surface area contributed by atoms with Gasteiger partial charge in [-0.15, -0.1) is 0 Å². The summed E-state index contributed by atoms with van der Waals surface area (Å²) in [5.41, 5.74) is 1.34. The molecule has 147 valence electrons. The Morgan fingerprint density at radius 3 is 1.15 bits per heavy atom. The van der Waals surface area contributed by atoms with Crippen molar-refractivity contribution in [2.75, 3.05) is 0 Å². The quantitative estimate of drug-likeness (QED) is 0.190. The zero-order valence-corrected chi connectivity index (χ0v) is 19.8. The minimum atomic E-state index is -0.123. The van der Waals surface area contributed by atoms with Crippen LogP contribution >= 0.6 is 45.2 Å². The molecular weight excluding hydrogens is 622 g/mol. The normalized spacial score (nSPS) is 11.7. The molecule has 0 heterocycles. The van der Waals surface area contributed by atoms with E-state index in [1.807, 2.05) is 81.6 Å². The summed E-state index contributed by atoms with van der Waals surface area (Å²) < 4.78 is 0.729. The van der Waals surface area contributed by atoms with Gasteiger partial charge in [-0.25, -0.2) is 0 Å². The molecule has 0 aliphatic rings. The van der Waals surface area contributed by atoms with Gasteiger partial charge in [-0.2, -0.15) is 0 Å². The Kier molecular flexibility index (Phi) is 12.5. The zero-order valence-electron chi connectivity index (χ0n) is 14.5. The van der Waals surface area contributed by atoms with E-state index in [1.165, 1.54) is 13.8 Å². The van der Waals surface area contributed by atoms with Gasteiger partial charge in [0.2, 0.25) is 0 Å². The summed E-state index contributed by atoms with van der Waals surface area (Å²) >= 11 is 3.68. The maximum atomic E-state index is 10.9. The van der Waals surface area contributed by atoms with E-state index < -0.39 is 0 Å². The first-order chi connectivity index (χ1) is 12.3. The van der Waals surface area contributed by atoms with E-state index in [4.69, 9.17) is 0 Å². The summed E-state index contributed by atoms with van der Waals surface area (Å²) in [4.78, 5) is 21.9. The third-order valence-corrected chi connectivity index (χ3v) is 5.67. The number of Topliss-reactive ketones (excluding diaryl/α,β-unsaturated/α-hetero) is 2. The van der Waals surface area contributed by atoms with E-state index in [1.54, 1.807) is 24.3 Å². The van der Waals surface area contributed by atoms with Crippen LogP contribution in [0.1, 0.15) is 25.0 Å². The van der Waals surface area contributed by atoms with Gasteiger partial charge in [0.1, 0.15) is 11.5 Å². The molecule has 0 spiro atoms. The molecule has 0 aromatic heterocycles. The molecule has 2 N–H and O–H groups in total. The van der Waals surface area contributed by atoms with E-state index >= 15 is 0 Å². The predicted molar refractivity (Wildman–Crippen MR) is 121 cm³/mol. The second kappa shape index (κ2) is 13.1. The first kappa shape index (κ1) is 25.8. The smallest absolute Gasteiger partial charge is 0.169 e. The topological polar surface area (TPSA) is 74.6 Å². The summed E-state index contributed by atoms with van der Waals surface area (Å²) in [5, 5.41) is 19.2. The second-order valence-electron chi connectivity index (χ2n) is 5.17. The molecule has 4 nitrogen and oxygen atoms in total. The van der Waals surface area contributed by atoms with E-state index in [-0.39, 0.29) is 40.2 Å². The van der Waals surface area contributed by atoms with Crippen molar-refractivity contribution in [2.24, 2.45) is 0 Å². The molecule has 0 atom stereocenters. The second-order valence-corrected chi connectivity index (χ2v) is 7.33. The van der Waals surface area contributed by atoms with Crippen LogP contribution in [0, 0.1) is 0 Å². The molecule has 2 aromatic carbocycles. The molecular formula is C20H18CuI2O4. The van der Waals surface area contributed by atoms with Crippen molar-refractivity contribution in [1.29, 1.82) is 0 Å². The first-order valence-corrected chi connectivity index (χ1v) is 9.71. The number of aliphatic hydroxyl groups excluding tert-OH is 2. The molecule has 0 unspecified atom stereocenters. The Morgan fingerprint density at radius 1 is 0.667 bits per heavy atom. The number of halogens is 2.